The highest BCUT2D eigenvalue weighted by molar-refractivity contribution is 6.30. The fourth-order valence-electron chi connectivity index (χ4n) is 1.94. The van der Waals surface area contributed by atoms with Gasteiger partial charge in [-0.1, -0.05) is 50.4 Å². The van der Waals surface area contributed by atoms with Gasteiger partial charge in [-0.15, -0.1) is 0 Å². The molecule has 108 valence electrons. The van der Waals surface area contributed by atoms with E-state index in [4.69, 9.17) is 16.3 Å². The molecule has 1 aromatic carbocycles. The number of ether oxygens (including phenoxy) is 1. The van der Waals surface area contributed by atoms with Crippen molar-refractivity contribution < 1.29 is 4.74 Å². The third kappa shape index (κ3) is 6.95. The van der Waals surface area contributed by atoms with Gasteiger partial charge in [0.05, 0.1) is 6.10 Å². The molecule has 0 aromatic heterocycles. The Kier molecular flexibility index (Phi) is 8.89. The van der Waals surface area contributed by atoms with E-state index in [0.717, 1.165) is 37.6 Å². The summed E-state index contributed by atoms with van der Waals surface area (Å²) in [5, 5.41) is 4.20. The lowest BCUT2D eigenvalue weighted by atomic mass is 10.1. The Morgan fingerprint density at radius 1 is 1.11 bits per heavy atom. The first kappa shape index (κ1) is 16.5. The third-order valence-corrected chi connectivity index (χ3v) is 3.32. The molecular formula is C16H26ClNO. The van der Waals surface area contributed by atoms with Crippen molar-refractivity contribution in [2.24, 2.45) is 0 Å². The average Bonchev–Trinajstić information content (AvgIpc) is 2.43. The molecule has 0 aliphatic carbocycles. The molecule has 0 bridgehead atoms. The summed E-state index contributed by atoms with van der Waals surface area (Å²) in [5.41, 5.74) is 1.20. The largest absolute Gasteiger partial charge is 0.372 e. The highest BCUT2D eigenvalue weighted by atomic mass is 35.5. The van der Waals surface area contributed by atoms with Gasteiger partial charge in [0.1, 0.15) is 0 Å². The van der Waals surface area contributed by atoms with E-state index in [1.165, 1.54) is 18.4 Å². The van der Waals surface area contributed by atoms with Crippen LogP contribution in [0, 0.1) is 0 Å². The zero-order valence-corrected chi connectivity index (χ0v) is 12.9. The molecule has 1 N–H and O–H groups in total. The molecule has 1 atom stereocenters. The molecule has 1 rings (SSSR count). The standard InChI is InChI=1S/C16H26ClNO/c1-3-5-6-12-19-16(13-18-11-4-2)14-7-9-15(17)10-8-14/h7-10,16,18H,3-6,11-13H2,1-2H3. The number of halogens is 1. The Bertz CT molecular complexity index is 326. The second kappa shape index (κ2) is 10.2. The van der Waals surface area contributed by atoms with E-state index in [0.29, 0.717) is 0 Å². The average molecular weight is 284 g/mol. The second-order valence-electron chi connectivity index (χ2n) is 4.82. The Morgan fingerprint density at radius 2 is 1.84 bits per heavy atom. The van der Waals surface area contributed by atoms with E-state index < -0.39 is 0 Å². The number of hydrogen-bond donors (Lipinski definition) is 1. The molecule has 0 spiro atoms. The van der Waals surface area contributed by atoms with Gasteiger partial charge in [0.25, 0.3) is 0 Å². The van der Waals surface area contributed by atoms with Crippen LogP contribution in [-0.4, -0.2) is 19.7 Å². The van der Waals surface area contributed by atoms with E-state index in [2.05, 4.69) is 31.3 Å². The summed E-state index contributed by atoms with van der Waals surface area (Å²) >= 11 is 5.93. The van der Waals surface area contributed by atoms with Crippen LogP contribution in [0.15, 0.2) is 24.3 Å². The van der Waals surface area contributed by atoms with E-state index in [1.54, 1.807) is 0 Å². The number of nitrogens with one attached hydrogen (secondary N) is 1. The summed E-state index contributed by atoms with van der Waals surface area (Å²) in [6, 6.07) is 7.97. The SMILES string of the molecule is CCCCCOC(CNCCC)c1ccc(Cl)cc1. The summed E-state index contributed by atoms with van der Waals surface area (Å²) in [6.45, 7) is 7.10. The molecule has 0 heterocycles. The Labute approximate surface area is 122 Å². The van der Waals surface area contributed by atoms with Crippen LogP contribution in [-0.2, 0) is 4.74 Å². The zero-order chi connectivity index (χ0) is 13.9. The van der Waals surface area contributed by atoms with Crippen LogP contribution in [0.4, 0.5) is 0 Å². The lowest BCUT2D eigenvalue weighted by molar-refractivity contribution is 0.0501. The van der Waals surface area contributed by atoms with Crippen molar-refractivity contribution in [2.75, 3.05) is 19.7 Å². The van der Waals surface area contributed by atoms with Gasteiger partial charge in [-0.25, -0.2) is 0 Å². The molecule has 3 heteroatoms. The van der Waals surface area contributed by atoms with Crippen LogP contribution in [0.1, 0.15) is 51.2 Å². The van der Waals surface area contributed by atoms with Crippen molar-refractivity contribution in [3.05, 3.63) is 34.9 Å². The van der Waals surface area contributed by atoms with E-state index >= 15 is 0 Å². The number of unbranched alkanes of at least 4 members (excludes halogenated alkanes) is 2. The van der Waals surface area contributed by atoms with Gasteiger partial charge in [0, 0.05) is 18.2 Å². The summed E-state index contributed by atoms with van der Waals surface area (Å²) in [6.07, 6.45) is 4.86. The molecule has 0 aliphatic rings. The quantitative estimate of drug-likeness (QED) is 0.634. The highest BCUT2D eigenvalue weighted by Crippen LogP contribution is 2.19. The first-order valence-electron chi connectivity index (χ1n) is 7.35. The fraction of sp³-hybridized carbons (Fsp3) is 0.625. The zero-order valence-electron chi connectivity index (χ0n) is 12.1. The van der Waals surface area contributed by atoms with Crippen LogP contribution in [0.5, 0.6) is 0 Å². The topological polar surface area (TPSA) is 21.3 Å². The third-order valence-electron chi connectivity index (χ3n) is 3.07. The number of rotatable bonds is 10. The van der Waals surface area contributed by atoms with E-state index in [1.807, 2.05) is 12.1 Å². The van der Waals surface area contributed by atoms with Crippen LogP contribution in [0.3, 0.4) is 0 Å². The van der Waals surface area contributed by atoms with Crippen molar-refractivity contribution in [3.63, 3.8) is 0 Å². The normalized spacial score (nSPS) is 12.6. The van der Waals surface area contributed by atoms with Crippen LogP contribution >= 0.6 is 11.6 Å². The van der Waals surface area contributed by atoms with Crippen LogP contribution in [0.25, 0.3) is 0 Å². The first-order valence-corrected chi connectivity index (χ1v) is 7.73. The molecular weight excluding hydrogens is 258 g/mol. The molecule has 1 unspecified atom stereocenters. The number of hydrogen-bond acceptors (Lipinski definition) is 2. The molecule has 19 heavy (non-hydrogen) atoms. The van der Waals surface area contributed by atoms with Gasteiger partial charge in [0.15, 0.2) is 0 Å². The first-order chi connectivity index (χ1) is 9.27. The Morgan fingerprint density at radius 3 is 2.47 bits per heavy atom. The minimum atomic E-state index is 0.126. The smallest absolute Gasteiger partial charge is 0.0949 e. The van der Waals surface area contributed by atoms with Crippen molar-refractivity contribution >= 4 is 11.6 Å². The molecule has 0 aliphatic heterocycles. The molecule has 0 saturated carbocycles. The molecule has 2 nitrogen and oxygen atoms in total. The summed E-state index contributed by atoms with van der Waals surface area (Å²) < 4.78 is 6.01. The second-order valence-corrected chi connectivity index (χ2v) is 5.26. The Hall–Kier alpha value is -0.570. The van der Waals surface area contributed by atoms with Gasteiger partial charge in [-0.05, 0) is 37.1 Å². The lowest BCUT2D eigenvalue weighted by Crippen LogP contribution is -2.24. The maximum atomic E-state index is 6.01. The highest BCUT2D eigenvalue weighted by Gasteiger charge is 2.11. The minimum absolute atomic E-state index is 0.126. The minimum Gasteiger partial charge on any atom is -0.372 e. The van der Waals surface area contributed by atoms with Gasteiger partial charge in [0.2, 0.25) is 0 Å². The summed E-state index contributed by atoms with van der Waals surface area (Å²) in [7, 11) is 0. The maximum absolute atomic E-state index is 6.01. The lowest BCUT2D eigenvalue weighted by Gasteiger charge is -2.19. The van der Waals surface area contributed by atoms with Gasteiger partial charge < -0.3 is 10.1 Å². The predicted molar refractivity (Wildman–Crippen MR) is 82.8 cm³/mol. The predicted octanol–water partition coefficient (Wildman–Crippen LogP) is 4.59. The van der Waals surface area contributed by atoms with Crippen LogP contribution < -0.4 is 5.32 Å². The van der Waals surface area contributed by atoms with Crippen molar-refractivity contribution in [2.45, 2.75) is 45.6 Å². The number of benzene rings is 1. The van der Waals surface area contributed by atoms with Crippen molar-refractivity contribution in [1.82, 2.24) is 5.32 Å². The monoisotopic (exact) mass is 283 g/mol. The Balaban J connectivity index is 2.49. The molecule has 0 saturated heterocycles. The van der Waals surface area contributed by atoms with Crippen molar-refractivity contribution in [1.29, 1.82) is 0 Å². The summed E-state index contributed by atoms with van der Waals surface area (Å²) in [5.74, 6) is 0. The molecule has 0 radical (unpaired) electrons. The van der Waals surface area contributed by atoms with Gasteiger partial charge >= 0.3 is 0 Å². The molecule has 0 fully saturated rings. The maximum Gasteiger partial charge on any atom is 0.0949 e. The molecule has 1 aromatic rings. The van der Waals surface area contributed by atoms with Crippen LogP contribution in [0.2, 0.25) is 5.02 Å². The van der Waals surface area contributed by atoms with E-state index in [-0.39, 0.29) is 6.10 Å². The van der Waals surface area contributed by atoms with Crippen molar-refractivity contribution in [3.8, 4) is 0 Å². The van der Waals surface area contributed by atoms with Gasteiger partial charge in [-0.3, -0.25) is 0 Å². The van der Waals surface area contributed by atoms with Gasteiger partial charge in [-0.2, -0.15) is 0 Å². The molecule has 0 amide bonds. The fourth-order valence-corrected chi connectivity index (χ4v) is 2.06. The summed E-state index contributed by atoms with van der Waals surface area (Å²) in [4.78, 5) is 0. The van der Waals surface area contributed by atoms with E-state index in [9.17, 15) is 0 Å².